The first-order valence-electron chi connectivity index (χ1n) is 9.84. The lowest BCUT2D eigenvalue weighted by Gasteiger charge is -2.15. The van der Waals surface area contributed by atoms with Crippen molar-refractivity contribution in [2.24, 2.45) is 0 Å². The van der Waals surface area contributed by atoms with E-state index in [2.05, 4.69) is 14.8 Å². The monoisotopic (exact) mass is 452 g/mol. The quantitative estimate of drug-likeness (QED) is 0.420. The van der Waals surface area contributed by atoms with Crippen LogP contribution in [0.2, 0.25) is 0 Å². The Morgan fingerprint density at radius 2 is 1.64 bits per heavy atom. The van der Waals surface area contributed by atoms with Gasteiger partial charge in [-0.05, 0) is 49.7 Å². The summed E-state index contributed by atoms with van der Waals surface area (Å²) in [6.45, 7) is 3.65. The second-order valence-corrected chi connectivity index (χ2v) is 7.52. The first kappa shape index (κ1) is 20.7. The number of anilines is 1. The highest BCUT2D eigenvalue weighted by atomic mass is 19.4. The molecular weight excluding hydrogens is 437 g/mol. The fourth-order valence-corrected chi connectivity index (χ4v) is 3.96. The summed E-state index contributed by atoms with van der Waals surface area (Å²) in [5, 5.41) is 5.00. The van der Waals surface area contributed by atoms with Crippen LogP contribution in [0.3, 0.4) is 0 Å². The fraction of sp³-hybridized carbons (Fsp3) is 0.130. The first-order valence-corrected chi connectivity index (χ1v) is 9.84. The second-order valence-electron chi connectivity index (χ2n) is 7.52. The van der Waals surface area contributed by atoms with Crippen molar-refractivity contribution >= 4 is 28.5 Å². The van der Waals surface area contributed by atoms with Crippen LogP contribution in [-0.4, -0.2) is 32.9 Å². The molecule has 2 amide bonds. The first-order chi connectivity index (χ1) is 15.7. The summed E-state index contributed by atoms with van der Waals surface area (Å²) in [7, 11) is 0. The third kappa shape index (κ3) is 3.30. The zero-order valence-corrected chi connectivity index (χ0v) is 17.3. The van der Waals surface area contributed by atoms with Gasteiger partial charge in [0.15, 0.2) is 5.65 Å². The van der Waals surface area contributed by atoms with Gasteiger partial charge in [-0.25, -0.2) is 14.6 Å². The Hall–Kier alpha value is -4.21. The lowest BCUT2D eigenvalue weighted by atomic mass is 10.1. The zero-order valence-electron chi connectivity index (χ0n) is 17.3. The van der Waals surface area contributed by atoms with Crippen molar-refractivity contribution in [2.75, 3.05) is 4.90 Å². The molecule has 3 heterocycles. The van der Waals surface area contributed by atoms with E-state index in [1.54, 1.807) is 11.6 Å². The molecule has 1 aliphatic rings. The molecule has 2 aromatic heterocycles. The molecule has 166 valence electrons. The van der Waals surface area contributed by atoms with E-state index < -0.39 is 23.9 Å². The van der Waals surface area contributed by atoms with Crippen LogP contribution < -0.4 is 9.64 Å². The minimum Gasteiger partial charge on any atom is -0.406 e. The maximum atomic E-state index is 13.3. The molecule has 0 atom stereocenters. The number of aromatic nitrogens is 3. The van der Waals surface area contributed by atoms with Crippen molar-refractivity contribution in [1.82, 2.24) is 14.8 Å². The number of alkyl halides is 3. The van der Waals surface area contributed by atoms with Crippen molar-refractivity contribution in [3.63, 3.8) is 0 Å². The average molecular weight is 452 g/mol. The number of aryl methyl sites for hydroxylation is 2. The van der Waals surface area contributed by atoms with Crippen molar-refractivity contribution in [1.29, 1.82) is 0 Å². The summed E-state index contributed by atoms with van der Waals surface area (Å²) in [5.41, 5.74) is 3.08. The maximum absolute atomic E-state index is 13.3. The van der Waals surface area contributed by atoms with Gasteiger partial charge in [0.1, 0.15) is 5.75 Å². The number of amides is 2. The van der Waals surface area contributed by atoms with Crippen LogP contribution in [0.25, 0.3) is 16.7 Å². The number of halogens is 3. The smallest absolute Gasteiger partial charge is 0.406 e. The number of ether oxygens (including phenoxy) is 1. The van der Waals surface area contributed by atoms with Gasteiger partial charge in [-0.3, -0.25) is 9.59 Å². The van der Waals surface area contributed by atoms with Crippen molar-refractivity contribution in [3.8, 4) is 11.4 Å². The predicted molar refractivity (Wildman–Crippen MR) is 113 cm³/mol. The van der Waals surface area contributed by atoms with Crippen LogP contribution in [-0.2, 0) is 0 Å². The summed E-state index contributed by atoms with van der Waals surface area (Å²) in [6, 6.07) is 12.1. The summed E-state index contributed by atoms with van der Waals surface area (Å²) in [6.07, 6.45) is -3.52. The minimum absolute atomic E-state index is 0.107. The normalized spacial score (nSPS) is 13.7. The number of benzene rings is 2. The Labute approximate surface area is 185 Å². The number of rotatable bonds is 3. The maximum Gasteiger partial charge on any atom is 0.573 e. The van der Waals surface area contributed by atoms with Crippen LogP contribution in [0.5, 0.6) is 5.75 Å². The number of fused-ring (bicyclic) bond motifs is 3. The molecule has 4 aromatic rings. The summed E-state index contributed by atoms with van der Waals surface area (Å²) in [4.78, 5) is 31.7. The number of para-hydroxylation sites is 1. The molecule has 0 bridgehead atoms. The van der Waals surface area contributed by atoms with Gasteiger partial charge in [-0.1, -0.05) is 18.2 Å². The van der Waals surface area contributed by atoms with E-state index in [1.165, 1.54) is 18.3 Å². The van der Waals surface area contributed by atoms with Gasteiger partial charge in [-0.15, -0.1) is 13.2 Å². The highest BCUT2D eigenvalue weighted by Crippen LogP contribution is 2.35. The van der Waals surface area contributed by atoms with Crippen LogP contribution in [0.1, 0.15) is 32.0 Å². The lowest BCUT2D eigenvalue weighted by molar-refractivity contribution is -0.274. The summed E-state index contributed by atoms with van der Waals surface area (Å²) >= 11 is 0. The molecule has 33 heavy (non-hydrogen) atoms. The third-order valence-corrected chi connectivity index (χ3v) is 5.39. The van der Waals surface area contributed by atoms with Gasteiger partial charge in [-0.2, -0.15) is 5.10 Å². The van der Waals surface area contributed by atoms with E-state index in [4.69, 9.17) is 0 Å². The molecule has 0 N–H and O–H groups in total. The van der Waals surface area contributed by atoms with E-state index >= 15 is 0 Å². The molecule has 0 spiro atoms. The van der Waals surface area contributed by atoms with Gasteiger partial charge >= 0.3 is 6.36 Å². The van der Waals surface area contributed by atoms with Crippen molar-refractivity contribution in [3.05, 3.63) is 77.1 Å². The highest BCUT2D eigenvalue weighted by Gasteiger charge is 2.40. The van der Waals surface area contributed by atoms with Gasteiger partial charge < -0.3 is 4.74 Å². The fourth-order valence-electron chi connectivity index (χ4n) is 3.96. The standard InChI is InChI=1S/C23H15F3N4O3/c1-12-5-3-4-6-17(12)30-20-18(13(2)28-30)19-16(11-27-20)21(31)29(22(19)32)14-7-9-15(10-8-14)33-23(24,25)26/h3-11H,1-2H3. The minimum atomic E-state index is -4.84. The molecule has 2 aromatic carbocycles. The Morgan fingerprint density at radius 1 is 0.939 bits per heavy atom. The Bertz CT molecular complexity index is 1440. The van der Waals surface area contributed by atoms with Gasteiger partial charge in [0.05, 0.1) is 33.6 Å². The van der Waals surface area contributed by atoms with E-state index in [9.17, 15) is 22.8 Å². The van der Waals surface area contributed by atoms with E-state index in [1.807, 2.05) is 31.2 Å². The molecule has 0 saturated heterocycles. The van der Waals surface area contributed by atoms with Gasteiger partial charge in [0, 0.05) is 6.20 Å². The van der Waals surface area contributed by atoms with Crippen LogP contribution in [0, 0.1) is 13.8 Å². The summed E-state index contributed by atoms with van der Waals surface area (Å²) < 4.78 is 42.8. The molecular formula is C23H15F3N4O3. The molecule has 10 heteroatoms. The molecule has 0 fully saturated rings. The van der Waals surface area contributed by atoms with Crippen LogP contribution in [0.15, 0.2) is 54.7 Å². The van der Waals surface area contributed by atoms with Gasteiger partial charge in [0.25, 0.3) is 11.8 Å². The van der Waals surface area contributed by atoms with E-state index in [-0.39, 0.29) is 16.8 Å². The Balaban J connectivity index is 1.59. The molecule has 0 aliphatic carbocycles. The van der Waals surface area contributed by atoms with Crippen molar-refractivity contribution < 1.29 is 27.5 Å². The zero-order chi connectivity index (χ0) is 23.5. The highest BCUT2D eigenvalue weighted by molar-refractivity contribution is 6.37. The van der Waals surface area contributed by atoms with E-state index in [0.717, 1.165) is 28.3 Å². The number of carbonyl (C=O) groups is 2. The lowest BCUT2D eigenvalue weighted by Crippen LogP contribution is -2.29. The largest absolute Gasteiger partial charge is 0.573 e. The SMILES string of the molecule is Cc1ccccc1-n1nc(C)c2c3c(cnc21)C(=O)N(c1ccc(OC(F)(F)F)cc1)C3=O. The molecule has 0 radical (unpaired) electrons. The number of imide groups is 1. The average Bonchev–Trinajstić information content (AvgIpc) is 3.22. The molecule has 0 saturated carbocycles. The number of pyridine rings is 1. The Morgan fingerprint density at radius 3 is 2.30 bits per heavy atom. The topological polar surface area (TPSA) is 77.3 Å². The molecule has 5 rings (SSSR count). The van der Waals surface area contributed by atoms with Crippen LogP contribution in [0.4, 0.5) is 18.9 Å². The van der Waals surface area contributed by atoms with Crippen molar-refractivity contribution in [2.45, 2.75) is 20.2 Å². The predicted octanol–water partition coefficient (Wildman–Crippen LogP) is 4.74. The number of hydrogen-bond acceptors (Lipinski definition) is 5. The number of carbonyl (C=O) groups excluding carboxylic acids is 2. The van der Waals surface area contributed by atoms with Gasteiger partial charge in [0.2, 0.25) is 0 Å². The van der Waals surface area contributed by atoms with E-state index in [0.29, 0.717) is 16.7 Å². The third-order valence-electron chi connectivity index (χ3n) is 5.39. The summed E-state index contributed by atoms with van der Waals surface area (Å²) in [5.74, 6) is -1.67. The second kappa shape index (κ2) is 7.16. The number of nitrogens with zero attached hydrogens (tertiary/aromatic N) is 4. The molecule has 7 nitrogen and oxygen atoms in total. The number of hydrogen-bond donors (Lipinski definition) is 0. The molecule has 0 unspecified atom stereocenters. The van der Waals surface area contributed by atoms with Crippen LogP contribution >= 0.6 is 0 Å². The Kier molecular flexibility index (Phi) is 4.48. The molecule has 1 aliphatic heterocycles.